The fraction of sp³-hybridized carbons (Fsp3) is 0.273. The predicted octanol–water partition coefficient (Wildman–Crippen LogP) is 5.25. The first-order valence-corrected chi connectivity index (χ1v) is 11.5. The van der Waals surface area contributed by atoms with E-state index < -0.39 is 11.9 Å². The molecule has 32 heavy (non-hydrogen) atoms. The number of nitrogens with zero attached hydrogens (tertiary/aromatic N) is 2. The Morgan fingerprint density at radius 3 is 1.50 bits per heavy atom. The molecule has 0 atom stereocenters. The molecule has 0 bridgehead atoms. The Morgan fingerprint density at radius 2 is 1.09 bits per heavy atom. The largest absolute Gasteiger partial charge is 0.383 e. The first-order chi connectivity index (χ1) is 15.3. The summed E-state index contributed by atoms with van der Waals surface area (Å²) in [5.74, 6) is -1.06. The van der Waals surface area contributed by atoms with Gasteiger partial charge in [-0.1, -0.05) is 0 Å². The van der Waals surface area contributed by atoms with Crippen LogP contribution in [0.3, 0.4) is 0 Å². The fourth-order valence-electron chi connectivity index (χ4n) is 3.03. The van der Waals surface area contributed by atoms with Gasteiger partial charge in [-0.2, -0.15) is 0 Å². The first-order valence-electron chi connectivity index (χ1n) is 9.97. The minimum absolute atomic E-state index is 0.0939. The van der Waals surface area contributed by atoms with Gasteiger partial charge in [-0.3, -0.25) is 9.59 Å². The quantitative estimate of drug-likeness (QED) is 0.352. The molecule has 0 aliphatic rings. The molecule has 166 valence electrons. The maximum absolute atomic E-state index is 12.0. The lowest BCUT2D eigenvalue weighted by atomic mass is 10.1. The number of carbonyl (C=O) groups excluding carboxylic acids is 2. The van der Waals surface area contributed by atoms with E-state index in [2.05, 4.69) is 19.9 Å². The van der Waals surface area contributed by atoms with Crippen LogP contribution in [0.2, 0.25) is 0 Å². The summed E-state index contributed by atoms with van der Waals surface area (Å²) in [6.45, 7) is 8.08. The van der Waals surface area contributed by atoms with Crippen molar-refractivity contribution in [2.75, 3.05) is 0 Å². The summed E-state index contributed by atoms with van der Waals surface area (Å²) in [6.07, 6.45) is -0.188. The van der Waals surface area contributed by atoms with Crippen LogP contribution in [0.1, 0.15) is 35.1 Å². The van der Waals surface area contributed by atoms with Crippen LogP contribution in [0.25, 0.3) is 22.1 Å². The van der Waals surface area contributed by atoms with Crippen LogP contribution in [0.15, 0.2) is 34.6 Å². The minimum atomic E-state index is -0.528. The molecule has 2 aromatic carbocycles. The standard InChI is InChI=1S/C22H22N4O4S2/c1-11-7-15-16(8-12(11)2)24-21(23-15)31-29-19(27)5-6-20(28)30-32-22-25-17-9-13(3)14(4)10-18(17)26-22/h7-10H,5-6H2,1-4H3,(H,23,24)(H,25,26). The third-order valence-corrected chi connectivity index (χ3v) is 6.35. The summed E-state index contributed by atoms with van der Waals surface area (Å²) in [6, 6.07) is 7.96. The van der Waals surface area contributed by atoms with E-state index in [9.17, 15) is 9.59 Å². The number of hydrogen-bond acceptors (Lipinski definition) is 8. The van der Waals surface area contributed by atoms with Crippen LogP contribution in [-0.4, -0.2) is 31.9 Å². The molecule has 2 heterocycles. The number of benzene rings is 2. The van der Waals surface area contributed by atoms with Crippen LogP contribution in [0.4, 0.5) is 0 Å². The number of rotatable bonds is 7. The molecule has 4 aromatic rings. The summed E-state index contributed by atoms with van der Waals surface area (Å²) >= 11 is 1.69. The highest BCUT2D eigenvalue weighted by Crippen LogP contribution is 2.25. The molecular weight excluding hydrogens is 448 g/mol. The van der Waals surface area contributed by atoms with Gasteiger partial charge in [-0.25, -0.2) is 9.97 Å². The molecule has 0 spiro atoms. The van der Waals surface area contributed by atoms with Crippen molar-refractivity contribution < 1.29 is 18.0 Å². The van der Waals surface area contributed by atoms with Crippen molar-refractivity contribution in [2.45, 2.75) is 50.8 Å². The highest BCUT2D eigenvalue weighted by atomic mass is 32.2. The van der Waals surface area contributed by atoms with E-state index in [4.69, 9.17) is 8.37 Å². The molecule has 10 heteroatoms. The van der Waals surface area contributed by atoms with E-state index in [1.54, 1.807) is 0 Å². The Bertz CT molecular complexity index is 1150. The number of carbonyl (C=O) groups is 2. The number of imidazole rings is 2. The highest BCUT2D eigenvalue weighted by Gasteiger charge is 2.14. The molecule has 0 aliphatic heterocycles. The van der Waals surface area contributed by atoms with Gasteiger partial charge in [0.25, 0.3) is 0 Å². The maximum Gasteiger partial charge on any atom is 0.318 e. The lowest BCUT2D eigenvalue weighted by molar-refractivity contribution is -0.139. The van der Waals surface area contributed by atoms with E-state index in [1.807, 2.05) is 52.0 Å². The van der Waals surface area contributed by atoms with E-state index in [0.717, 1.165) is 68.4 Å². The Hall–Kier alpha value is -2.98. The fourth-order valence-corrected chi connectivity index (χ4v) is 4.12. The smallest absolute Gasteiger partial charge is 0.318 e. The van der Waals surface area contributed by atoms with Gasteiger partial charge < -0.3 is 18.3 Å². The van der Waals surface area contributed by atoms with Crippen molar-refractivity contribution in [1.29, 1.82) is 0 Å². The predicted molar refractivity (Wildman–Crippen MR) is 124 cm³/mol. The lowest BCUT2D eigenvalue weighted by Gasteiger charge is -2.01. The average molecular weight is 471 g/mol. The van der Waals surface area contributed by atoms with Gasteiger partial charge >= 0.3 is 11.9 Å². The molecule has 0 fully saturated rings. The van der Waals surface area contributed by atoms with Crippen LogP contribution in [-0.2, 0) is 18.0 Å². The Balaban J connectivity index is 1.23. The van der Waals surface area contributed by atoms with Gasteiger partial charge in [0.1, 0.15) is 24.1 Å². The van der Waals surface area contributed by atoms with E-state index in [-0.39, 0.29) is 12.8 Å². The maximum atomic E-state index is 12.0. The summed E-state index contributed by atoms with van der Waals surface area (Å²) in [5, 5.41) is 0.957. The summed E-state index contributed by atoms with van der Waals surface area (Å²) in [7, 11) is 0. The molecule has 2 aromatic heterocycles. The molecule has 0 saturated carbocycles. The molecule has 4 rings (SSSR count). The van der Waals surface area contributed by atoms with Crippen LogP contribution >= 0.6 is 24.1 Å². The number of aromatic nitrogens is 4. The van der Waals surface area contributed by atoms with Gasteiger partial charge in [-0.05, 0) is 74.2 Å². The summed E-state index contributed by atoms with van der Waals surface area (Å²) in [4.78, 5) is 39.0. The molecule has 0 aliphatic carbocycles. The van der Waals surface area contributed by atoms with Crippen molar-refractivity contribution >= 4 is 58.1 Å². The van der Waals surface area contributed by atoms with Crippen LogP contribution in [0, 0.1) is 27.7 Å². The zero-order valence-corrected chi connectivity index (χ0v) is 19.7. The van der Waals surface area contributed by atoms with Gasteiger partial charge in [0.2, 0.25) is 10.3 Å². The van der Waals surface area contributed by atoms with Crippen molar-refractivity contribution in [3.63, 3.8) is 0 Å². The summed E-state index contributed by atoms with van der Waals surface area (Å²) in [5.41, 5.74) is 7.96. The number of fused-ring (bicyclic) bond motifs is 2. The van der Waals surface area contributed by atoms with E-state index >= 15 is 0 Å². The third-order valence-electron chi connectivity index (χ3n) is 5.11. The van der Waals surface area contributed by atoms with Crippen LogP contribution in [0.5, 0.6) is 0 Å². The van der Waals surface area contributed by atoms with Crippen molar-refractivity contribution in [3.05, 3.63) is 46.5 Å². The van der Waals surface area contributed by atoms with Gasteiger partial charge in [0.05, 0.1) is 34.9 Å². The van der Waals surface area contributed by atoms with E-state index in [0.29, 0.717) is 10.3 Å². The summed E-state index contributed by atoms with van der Waals surface area (Å²) < 4.78 is 10.3. The van der Waals surface area contributed by atoms with Gasteiger partial charge in [-0.15, -0.1) is 0 Å². The van der Waals surface area contributed by atoms with Gasteiger partial charge in [0.15, 0.2) is 0 Å². The Morgan fingerprint density at radius 1 is 0.719 bits per heavy atom. The second-order valence-corrected chi connectivity index (χ2v) is 9.01. The van der Waals surface area contributed by atoms with E-state index in [1.165, 1.54) is 0 Å². The second-order valence-electron chi connectivity index (χ2n) is 7.57. The molecule has 0 unspecified atom stereocenters. The molecule has 0 amide bonds. The number of H-pyrrole nitrogens is 2. The minimum Gasteiger partial charge on any atom is -0.383 e. The third kappa shape index (κ3) is 5.08. The zero-order valence-electron chi connectivity index (χ0n) is 18.1. The lowest BCUT2D eigenvalue weighted by Crippen LogP contribution is -2.05. The SMILES string of the molecule is Cc1cc2nc(SOC(=O)CCC(=O)OSc3nc4cc(C)c(C)cc4[nH]3)[nH]c2cc1C. The molecule has 0 radical (unpaired) electrons. The normalized spacial score (nSPS) is 11.2. The van der Waals surface area contributed by atoms with Crippen LogP contribution < -0.4 is 0 Å². The highest BCUT2D eigenvalue weighted by molar-refractivity contribution is 7.95. The number of aryl methyl sites for hydroxylation is 4. The monoisotopic (exact) mass is 470 g/mol. The molecule has 8 nitrogen and oxygen atoms in total. The van der Waals surface area contributed by atoms with Crippen molar-refractivity contribution in [3.8, 4) is 0 Å². The topological polar surface area (TPSA) is 110 Å². The molecule has 0 saturated heterocycles. The first kappa shape index (κ1) is 22.2. The number of nitrogens with one attached hydrogen (secondary N) is 2. The number of aromatic amines is 2. The van der Waals surface area contributed by atoms with Gasteiger partial charge in [0, 0.05) is 0 Å². The van der Waals surface area contributed by atoms with Crippen molar-refractivity contribution in [1.82, 2.24) is 19.9 Å². The average Bonchev–Trinajstić information content (AvgIpc) is 3.32. The second kappa shape index (κ2) is 9.25. The molecule has 2 N–H and O–H groups in total. The molecular formula is C22H22N4O4S2. The Kier molecular flexibility index (Phi) is 6.43. The number of hydrogen-bond donors (Lipinski definition) is 2. The van der Waals surface area contributed by atoms with Crippen molar-refractivity contribution in [2.24, 2.45) is 0 Å². The zero-order chi connectivity index (χ0) is 22.8. The Labute approximate surface area is 193 Å².